The lowest BCUT2D eigenvalue weighted by atomic mass is 10.1. The quantitative estimate of drug-likeness (QED) is 0.787. The van der Waals surface area contributed by atoms with Gasteiger partial charge in [0.25, 0.3) is 5.91 Å². The minimum Gasteiger partial charge on any atom is -0.493 e. The standard InChI is InChI=1S/C15H14F2N2O3S/c1-19-8-9-23-15(19)18-12(20)7-6-10-4-3-5-11(21-2)13(10)22-14(16)17/h3-9,14H,1-2H3/b7-6+,18-15?. The van der Waals surface area contributed by atoms with Gasteiger partial charge in [-0.25, -0.2) is 0 Å². The average Bonchev–Trinajstić information content (AvgIpc) is 2.90. The molecule has 0 N–H and O–H groups in total. The monoisotopic (exact) mass is 340 g/mol. The summed E-state index contributed by atoms with van der Waals surface area (Å²) in [5, 5.41) is 1.80. The summed E-state index contributed by atoms with van der Waals surface area (Å²) < 4.78 is 36.2. The fraction of sp³-hybridized carbons (Fsp3) is 0.200. The normalized spacial score (nSPS) is 12.1. The lowest BCUT2D eigenvalue weighted by Gasteiger charge is -2.12. The lowest BCUT2D eigenvalue weighted by Crippen LogP contribution is -2.11. The Bertz CT molecular complexity index is 781. The molecule has 122 valence electrons. The van der Waals surface area contributed by atoms with E-state index in [-0.39, 0.29) is 11.5 Å². The lowest BCUT2D eigenvalue weighted by molar-refractivity contribution is -0.113. The SMILES string of the molecule is COc1cccc(/C=C/C(=O)N=c2sccn2C)c1OC(F)F. The van der Waals surface area contributed by atoms with Gasteiger partial charge >= 0.3 is 6.61 Å². The number of aryl methyl sites for hydroxylation is 1. The van der Waals surface area contributed by atoms with Crippen molar-refractivity contribution in [1.29, 1.82) is 0 Å². The summed E-state index contributed by atoms with van der Waals surface area (Å²) in [7, 11) is 3.11. The molecule has 0 spiro atoms. The number of rotatable bonds is 5. The highest BCUT2D eigenvalue weighted by Crippen LogP contribution is 2.33. The van der Waals surface area contributed by atoms with Crippen LogP contribution in [0.15, 0.2) is 40.8 Å². The first kappa shape index (κ1) is 16.9. The third kappa shape index (κ3) is 4.49. The molecule has 0 saturated carbocycles. The van der Waals surface area contributed by atoms with Crippen LogP contribution in [0.2, 0.25) is 0 Å². The van der Waals surface area contributed by atoms with Gasteiger partial charge in [0, 0.05) is 30.3 Å². The van der Waals surface area contributed by atoms with Crippen molar-refractivity contribution in [2.75, 3.05) is 7.11 Å². The van der Waals surface area contributed by atoms with E-state index in [9.17, 15) is 13.6 Å². The van der Waals surface area contributed by atoms with Gasteiger partial charge in [-0.2, -0.15) is 13.8 Å². The van der Waals surface area contributed by atoms with Gasteiger partial charge in [0.1, 0.15) is 0 Å². The van der Waals surface area contributed by atoms with Crippen molar-refractivity contribution < 1.29 is 23.0 Å². The number of para-hydroxylation sites is 1. The van der Waals surface area contributed by atoms with Crippen molar-refractivity contribution in [3.63, 3.8) is 0 Å². The molecular formula is C15H14F2N2O3S. The number of amides is 1. The zero-order valence-electron chi connectivity index (χ0n) is 12.4. The molecule has 0 radical (unpaired) electrons. The Kier molecular flexibility index (Phi) is 5.64. The maximum atomic E-state index is 12.5. The van der Waals surface area contributed by atoms with Crippen molar-refractivity contribution in [3.8, 4) is 11.5 Å². The highest BCUT2D eigenvalue weighted by molar-refractivity contribution is 7.07. The van der Waals surface area contributed by atoms with E-state index < -0.39 is 12.5 Å². The van der Waals surface area contributed by atoms with Crippen molar-refractivity contribution in [3.05, 3.63) is 46.2 Å². The predicted octanol–water partition coefficient (Wildman–Crippen LogP) is 2.84. The van der Waals surface area contributed by atoms with Crippen LogP contribution in [-0.4, -0.2) is 24.2 Å². The topological polar surface area (TPSA) is 52.8 Å². The number of aromatic nitrogens is 1. The molecule has 1 amide bonds. The molecule has 2 aromatic rings. The van der Waals surface area contributed by atoms with Crippen LogP contribution in [0.1, 0.15) is 5.56 Å². The first-order chi connectivity index (χ1) is 11.0. The predicted molar refractivity (Wildman–Crippen MR) is 82.5 cm³/mol. The van der Waals surface area contributed by atoms with Crippen LogP contribution in [0.25, 0.3) is 6.08 Å². The van der Waals surface area contributed by atoms with Gasteiger partial charge in [-0.15, -0.1) is 11.3 Å². The number of carbonyl (C=O) groups is 1. The van der Waals surface area contributed by atoms with Gasteiger partial charge in [-0.05, 0) is 12.1 Å². The van der Waals surface area contributed by atoms with E-state index >= 15 is 0 Å². The Morgan fingerprint density at radius 3 is 2.83 bits per heavy atom. The highest BCUT2D eigenvalue weighted by atomic mass is 32.1. The van der Waals surface area contributed by atoms with E-state index in [1.807, 2.05) is 0 Å². The molecule has 2 rings (SSSR count). The van der Waals surface area contributed by atoms with Crippen LogP contribution in [0.3, 0.4) is 0 Å². The van der Waals surface area contributed by atoms with Crippen molar-refractivity contribution in [2.24, 2.45) is 12.0 Å². The Morgan fingerprint density at radius 2 is 2.22 bits per heavy atom. The molecule has 5 nitrogen and oxygen atoms in total. The second-order valence-electron chi connectivity index (χ2n) is 4.34. The first-order valence-electron chi connectivity index (χ1n) is 6.50. The summed E-state index contributed by atoms with van der Waals surface area (Å²) in [6, 6.07) is 4.64. The van der Waals surface area contributed by atoms with E-state index in [1.165, 1.54) is 42.7 Å². The molecule has 0 aliphatic rings. The molecule has 0 aliphatic carbocycles. The van der Waals surface area contributed by atoms with Crippen LogP contribution >= 0.6 is 11.3 Å². The molecule has 0 fully saturated rings. The molecule has 1 heterocycles. The molecular weight excluding hydrogens is 326 g/mol. The third-order valence-corrected chi connectivity index (χ3v) is 3.66. The van der Waals surface area contributed by atoms with Gasteiger partial charge < -0.3 is 14.0 Å². The Labute approximate surface area is 135 Å². The zero-order valence-corrected chi connectivity index (χ0v) is 13.2. The number of methoxy groups -OCH3 is 1. The molecule has 0 bridgehead atoms. The molecule has 23 heavy (non-hydrogen) atoms. The zero-order chi connectivity index (χ0) is 16.8. The van der Waals surface area contributed by atoms with E-state index in [0.29, 0.717) is 10.4 Å². The maximum absolute atomic E-state index is 12.5. The highest BCUT2D eigenvalue weighted by Gasteiger charge is 2.13. The number of ether oxygens (including phenoxy) is 2. The van der Waals surface area contributed by atoms with E-state index in [1.54, 1.807) is 29.3 Å². The number of hydrogen-bond donors (Lipinski definition) is 0. The molecule has 1 aromatic heterocycles. The average molecular weight is 340 g/mol. The Hall–Kier alpha value is -2.48. The summed E-state index contributed by atoms with van der Waals surface area (Å²) in [5.41, 5.74) is 0.295. The number of carbonyl (C=O) groups excluding carboxylic acids is 1. The number of benzene rings is 1. The summed E-state index contributed by atoms with van der Waals surface area (Å²) in [6.45, 7) is -3.00. The second-order valence-corrected chi connectivity index (χ2v) is 5.21. The minimum atomic E-state index is -3.00. The van der Waals surface area contributed by atoms with E-state index in [0.717, 1.165) is 0 Å². The first-order valence-corrected chi connectivity index (χ1v) is 7.38. The van der Waals surface area contributed by atoms with Gasteiger partial charge in [0.2, 0.25) is 0 Å². The largest absolute Gasteiger partial charge is 0.493 e. The van der Waals surface area contributed by atoms with Gasteiger partial charge in [0.05, 0.1) is 7.11 Å². The van der Waals surface area contributed by atoms with E-state index in [4.69, 9.17) is 4.74 Å². The van der Waals surface area contributed by atoms with Crippen LogP contribution < -0.4 is 14.3 Å². The molecule has 0 unspecified atom stereocenters. The summed E-state index contributed by atoms with van der Waals surface area (Å²) in [4.78, 5) is 16.3. The van der Waals surface area contributed by atoms with Crippen molar-refractivity contribution in [2.45, 2.75) is 6.61 Å². The van der Waals surface area contributed by atoms with Crippen LogP contribution in [-0.2, 0) is 11.8 Å². The van der Waals surface area contributed by atoms with Gasteiger partial charge in [-0.3, -0.25) is 4.79 Å². The summed E-state index contributed by atoms with van der Waals surface area (Å²) in [5.74, 6) is -0.480. The molecule has 1 aromatic carbocycles. The number of alkyl halides is 2. The minimum absolute atomic E-state index is 0.129. The number of nitrogens with zero attached hydrogens (tertiary/aromatic N) is 2. The molecule has 0 aliphatic heterocycles. The molecule has 0 atom stereocenters. The van der Waals surface area contributed by atoms with E-state index in [2.05, 4.69) is 9.73 Å². The van der Waals surface area contributed by atoms with Crippen LogP contribution in [0, 0.1) is 0 Å². The van der Waals surface area contributed by atoms with Gasteiger partial charge in [0.15, 0.2) is 16.3 Å². The van der Waals surface area contributed by atoms with Crippen LogP contribution in [0.5, 0.6) is 11.5 Å². The maximum Gasteiger partial charge on any atom is 0.387 e. The summed E-state index contributed by atoms with van der Waals surface area (Å²) >= 11 is 1.31. The number of hydrogen-bond acceptors (Lipinski definition) is 4. The molecule has 8 heteroatoms. The number of halogens is 2. The third-order valence-electron chi connectivity index (χ3n) is 2.81. The summed E-state index contributed by atoms with van der Waals surface area (Å²) in [6.07, 6.45) is 4.32. The Balaban J connectivity index is 2.29. The second kappa shape index (κ2) is 7.68. The fourth-order valence-corrected chi connectivity index (χ4v) is 2.50. The van der Waals surface area contributed by atoms with Crippen LogP contribution in [0.4, 0.5) is 8.78 Å². The Morgan fingerprint density at radius 1 is 1.43 bits per heavy atom. The number of thiazole rings is 1. The van der Waals surface area contributed by atoms with Gasteiger partial charge in [-0.1, -0.05) is 12.1 Å². The van der Waals surface area contributed by atoms with Crippen molar-refractivity contribution in [1.82, 2.24) is 4.57 Å². The smallest absolute Gasteiger partial charge is 0.387 e. The molecule has 0 saturated heterocycles. The van der Waals surface area contributed by atoms with Crippen molar-refractivity contribution >= 4 is 23.3 Å². The fourth-order valence-electron chi connectivity index (χ4n) is 1.77.